The summed E-state index contributed by atoms with van der Waals surface area (Å²) in [5.41, 5.74) is -1.05. The highest BCUT2D eigenvalue weighted by Gasteiger charge is 2.55. The Morgan fingerprint density at radius 1 is 1.07 bits per heavy atom. The van der Waals surface area contributed by atoms with Crippen molar-refractivity contribution in [2.24, 2.45) is 0 Å². The largest absolute Gasteiger partial charge is 0.495 e. The maximum atomic E-state index is 15.0. The first-order chi connectivity index (χ1) is 12.3. The van der Waals surface area contributed by atoms with Crippen molar-refractivity contribution in [2.45, 2.75) is 71.6 Å². The van der Waals surface area contributed by atoms with Crippen LogP contribution in [-0.2, 0) is 14.1 Å². The average Bonchev–Trinajstić information content (AvgIpc) is 2.75. The molecule has 1 aliphatic rings. The summed E-state index contributed by atoms with van der Waals surface area (Å²) in [4.78, 5) is 12.1. The van der Waals surface area contributed by atoms with E-state index in [2.05, 4.69) is 5.32 Å². The smallest absolute Gasteiger partial charge is 0.399 e. The van der Waals surface area contributed by atoms with Gasteiger partial charge >= 0.3 is 13.0 Å². The number of nitrogens with one attached hydrogen (secondary N) is 1. The van der Waals surface area contributed by atoms with Crippen LogP contribution in [0.1, 0.15) is 54.0 Å². The molecule has 0 aromatic heterocycles. The van der Waals surface area contributed by atoms with Crippen molar-refractivity contribution in [2.75, 3.05) is 0 Å². The lowest BCUT2D eigenvalue weighted by Gasteiger charge is -2.32. The van der Waals surface area contributed by atoms with Crippen LogP contribution in [0.2, 0.25) is 0 Å². The third-order valence-electron chi connectivity index (χ3n) is 5.15. The van der Waals surface area contributed by atoms with Crippen LogP contribution >= 0.6 is 0 Å². The SMILES string of the molecule is C/C(=C(\B1OC(C)(C)C(C)(C)O1)c1ccccc1)C(F)(F)C(=O)NC(C)C. The van der Waals surface area contributed by atoms with Gasteiger partial charge in [0.25, 0.3) is 5.91 Å². The van der Waals surface area contributed by atoms with Gasteiger partial charge in [-0.25, -0.2) is 0 Å². The second-order valence-corrected chi connectivity index (χ2v) is 8.20. The van der Waals surface area contributed by atoms with E-state index in [0.29, 0.717) is 5.56 Å². The minimum absolute atomic E-state index is 0.179. The molecule has 1 aromatic carbocycles. The Labute approximate surface area is 160 Å². The Bertz CT molecular complexity index is 714. The quantitative estimate of drug-likeness (QED) is 0.778. The van der Waals surface area contributed by atoms with Crippen molar-refractivity contribution >= 4 is 18.5 Å². The molecular formula is C20H28BF2NO3. The molecule has 1 aliphatic heterocycles. The fourth-order valence-corrected chi connectivity index (χ4v) is 2.80. The highest BCUT2D eigenvalue weighted by atomic mass is 19.3. The summed E-state index contributed by atoms with van der Waals surface area (Å²) in [5, 5.41) is 2.29. The molecule has 0 saturated carbocycles. The molecule has 4 nitrogen and oxygen atoms in total. The van der Waals surface area contributed by atoms with E-state index in [9.17, 15) is 13.6 Å². The Balaban J connectivity index is 2.57. The first-order valence-electron chi connectivity index (χ1n) is 9.10. The second kappa shape index (κ2) is 7.36. The normalized spacial score (nSPS) is 19.9. The zero-order chi connectivity index (χ0) is 20.6. The molecule has 148 valence electrons. The number of benzene rings is 1. The molecule has 0 bridgehead atoms. The van der Waals surface area contributed by atoms with Crippen LogP contribution in [-0.4, -0.2) is 36.2 Å². The first-order valence-corrected chi connectivity index (χ1v) is 9.10. The number of hydrogen-bond donors (Lipinski definition) is 1. The Morgan fingerprint density at radius 2 is 1.56 bits per heavy atom. The van der Waals surface area contributed by atoms with E-state index in [1.54, 1.807) is 44.2 Å². The number of halogens is 2. The summed E-state index contributed by atoms with van der Waals surface area (Å²) in [6, 6.07) is 8.32. The summed E-state index contributed by atoms with van der Waals surface area (Å²) < 4.78 is 42.0. The Kier molecular flexibility index (Phi) is 5.88. The van der Waals surface area contributed by atoms with E-state index in [0.717, 1.165) is 0 Å². The fourth-order valence-electron chi connectivity index (χ4n) is 2.80. The highest BCUT2D eigenvalue weighted by molar-refractivity contribution is 6.69. The van der Waals surface area contributed by atoms with Crippen LogP contribution in [0.25, 0.3) is 5.47 Å². The van der Waals surface area contributed by atoms with Crippen molar-refractivity contribution in [3.63, 3.8) is 0 Å². The molecule has 0 unspecified atom stereocenters. The number of carbonyl (C=O) groups is 1. The summed E-state index contributed by atoms with van der Waals surface area (Å²) in [7, 11) is -1.00. The monoisotopic (exact) mass is 379 g/mol. The van der Waals surface area contributed by atoms with E-state index in [1.807, 2.05) is 27.7 Å². The van der Waals surface area contributed by atoms with Crippen molar-refractivity contribution < 1.29 is 22.9 Å². The number of hydrogen-bond acceptors (Lipinski definition) is 3. The molecule has 1 N–H and O–H groups in total. The topological polar surface area (TPSA) is 47.6 Å². The summed E-state index contributed by atoms with van der Waals surface area (Å²) in [6.45, 7) is 12.0. The van der Waals surface area contributed by atoms with E-state index in [-0.39, 0.29) is 11.0 Å². The van der Waals surface area contributed by atoms with Crippen LogP contribution in [0.15, 0.2) is 35.9 Å². The lowest BCUT2D eigenvalue weighted by Crippen LogP contribution is -2.45. The molecule has 27 heavy (non-hydrogen) atoms. The van der Waals surface area contributed by atoms with Crippen LogP contribution in [0.3, 0.4) is 0 Å². The van der Waals surface area contributed by atoms with Crippen molar-refractivity contribution in [3.8, 4) is 0 Å². The van der Waals surface area contributed by atoms with Crippen LogP contribution in [0, 0.1) is 0 Å². The van der Waals surface area contributed by atoms with Gasteiger partial charge in [0, 0.05) is 11.6 Å². The van der Waals surface area contributed by atoms with Gasteiger partial charge in [0.2, 0.25) is 0 Å². The van der Waals surface area contributed by atoms with Gasteiger partial charge in [0.15, 0.2) is 0 Å². The minimum Gasteiger partial charge on any atom is -0.399 e. The second-order valence-electron chi connectivity index (χ2n) is 8.20. The van der Waals surface area contributed by atoms with Gasteiger partial charge in [0.1, 0.15) is 0 Å². The molecule has 7 heteroatoms. The molecule has 1 amide bonds. The first kappa shape index (κ1) is 21.6. The minimum atomic E-state index is -3.70. The third-order valence-corrected chi connectivity index (χ3v) is 5.15. The van der Waals surface area contributed by atoms with E-state index < -0.39 is 36.2 Å². The maximum Gasteiger partial charge on any atom is 0.495 e. The van der Waals surface area contributed by atoms with Crippen LogP contribution in [0.4, 0.5) is 8.78 Å². The molecule has 0 atom stereocenters. The molecule has 1 saturated heterocycles. The van der Waals surface area contributed by atoms with Gasteiger partial charge in [-0.3, -0.25) is 4.79 Å². The van der Waals surface area contributed by atoms with Crippen molar-refractivity contribution in [1.29, 1.82) is 0 Å². The Morgan fingerprint density at radius 3 is 2.00 bits per heavy atom. The van der Waals surface area contributed by atoms with Crippen molar-refractivity contribution in [3.05, 3.63) is 41.5 Å². The van der Waals surface area contributed by atoms with E-state index >= 15 is 0 Å². The lowest BCUT2D eigenvalue weighted by molar-refractivity contribution is -0.141. The summed E-state index contributed by atoms with van der Waals surface area (Å²) in [6.07, 6.45) is 0. The molecule has 1 aromatic rings. The van der Waals surface area contributed by atoms with Crippen molar-refractivity contribution in [1.82, 2.24) is 5.32 Å². The standard InChI is InChI=1S/C20H28BF2NO3/c1-13(2)24-17(25)20(22,23)14(3)16(15-11-9-8-10-12-15)21-26-18(4,5)19(6,7)27-21/h8-13H,1-7H3,(H,24,25)/b16-14+. The molecule has 0 radical (unpaired) electrons. The maximum absolute atomic E-state index is 15.0. The number of amides is 1. The number of alkyl halides is 2. The van der Waals surface area contributed by atoms with Crippen LogP contribution < -0.4 is 5.32 Å². The van der Waals surface area contributed by atoms with Gasteiger partial charge < -0.3 is 14.6 Å². The van der Waals surface area contributed by atoms with E-state index in [4.69, 9.17) is 9.31 Å². The molecule has 0 aliphatic carbocycles. The Hall–Kier alpha value is -1.73. The van der Waals surface area contributed by atoms with Crippen LogP contribution in [0.5, 0.6) is 0 Å². The van der Waals surface area contributed by atoms with Gasteiger partial charge in [-0.15, -0.1) is 0 Å². The summed E-state index contributed by atoms with van der Waals surface area (Å²) >= 11 is 0. The predicted octanol–water partition coefficient (Wildman–Crippen LogP) is 4.25. The van der Waals surface area contributed by atoms with Gasteiger partial charge in [0.05, 0.1) is 11.2 Å². The highest BCUT2D eigenvalue weighted by Crippen LogP contribution is 2.43. The van der Waals surface area contributed by atoms with Gasteiger partial charge in [-0.05, 0) is 59.5 Å². The third kappa shape index (κ3) is 4.24. The molecule has 1 heterocycles. The van der Waals surface area contributed by atoms with E-state index in [1.165, 1.54) is 6.92 Å². The van der Waals surface area contributed by atoms with Gasteiger partial charge in [-0.1, -0.05) is 30.3 Å². The molecule has 0 spiro atoms. The van der Waals surface area contributed by atoms with Gasteiger partial charge in [-0.2, -0.15) is 8.78 Å². The fraction of sp³-hybridized carbons (Fsp3) is 0.550. The lowest BCUT2D eigenvalue weighted by atomic mass is 9.70. The number of carbonyl (C=O) groups excluding carboxylic acids is 1. The molecule has 2 rings (SSSR count). The average molecular weight is 379 g/mol. The predicted molar refractivity (Wildman–Crippen MR) is 103 cm³/mol. The zero-order valence-electron chi connectivity index (χ0n) is 17.0. The molecule has 1 fully saturated rings. The number of rotatable bonds is 5. The summed E-state index contributed by atoms with van der Waals surface area (Å²) in [5.74, 6) is -5.03. The molecular weight excluding hydrogens is 351 g/mol. The zero-order valence-corrected chi connectivity index (χ0v) is 17.0.